The van der Waals surface area contributed by atoms with E-state index in [1.165, 1.54) is 0 Å². The van der Waals surface area contributed by atoms with E-state index in [2.05, 4.69) is 4.98 Å². The fourth-order valence-corrected chi connectivity index (χ4v) is 2.18. The Kier molecular flexibility index (Phi) is 4.64. The van der Waals surface area contributed by atoms with Crippen LogP contribution in [0.3, 0.4) is 0 Å². The van der Waals surface area contributed by atoms with Crippen molar-refractivity contribution in [3.05, 3.63) is 58.3 Å². The van der Waals surface area contributed by atoms with Crippen molar-refractivity contribution in [1.29, 1.82) is 0 Å². The van der Waals surface area contributed by atoms with Crippen molar-refractivity contribution in [2.45, 2.75) is 19.1 Å². The van der Waals surface area contributed by atoms with Crippen molar-refractivity contribution in [1.82, 2.24) is 4.98 Å². The summed E-state index contributed by atoms with van der Waals surface area (Å²) in [5, 5.41) is 1.03. The Bertz CT molecular complexity index is 546. The third-order valence-corrected chi connectivity index (χ3v) is 3.17. The first-order valence-electron chi connectivity index (χ1n) is 5.85. The molecule has 2 unspecified atom stereocenters. The zero-order valence-corrected chi connectivity index (χ0v) is 11.9. The van der Waals surface area contributed by atoms with Crippen molar-refractivity contribution < 1.29 is 4.74 Å². The molecule has 1 heterocycles. The molecule has 19 heavy (non-hydrogen) atoms. The molecular weight excluding hydrogens is 283 g/mol. The molecular formula is C14H14Cl2N2O. The number of aromatic nitrogens is 1. The van der Waals surface area contributed by atoms with Crippen LogP contribution in [0.5, 0.6) is 5.75 Å². The van der Waals surface area contributed by atoms with Crippen molar-refractivity contribution in [3.63, 3.8) is 0 Å². The molecule has 0 radical (unpaired) electrons. The normalized spacial score (nSPS) is 13.9. The summed E-state index contributed by atoms with van der Waals surface area (Å²) in [4.78, 5) is 4.08. The van der Waals surface area contributed by atoms with Gasteiger partial charge in [0.1, 0.15) is 11.9 Å². The van der Waals surface area contributed by atoms with E-state index < -0.39 is 0 Å². The lowest BCUT2D eigenvalue weighted by Gasteiger charge is -2.23. The molecule has 0 spiro atoms. The smallest absolute Gasteiger partial charge is 0.140 e. The van der Waals surface area contributed by atoms with Crippen molar-refractivity contribution in [2.24, 2.45) is 5.73 Å². The van der Waals surface area contributed by atoms with Crippen LogP contribution in [0.4, 0.5) is 0 Å². The second-order valence-corrected chi connectivity index (χ2v) is 5.10. The van der Waals surface area contributed by atoms with Crippen LogP contribution in [0.25, 0.3) is 0 Å². The van der Waals surface area contributed by atoms with E-state index in [9.17, 15) is 0 Å². The highest BCUT2D eigenvalue weighted by Crippen LogP contribution is 2.32. The highest BCUT2D eigenvalue weighted by molar-refractivity contribution is 6.35. The van der Waals surface area contributed by atoms with Gasteiger partial charge in [-0.3, -0.25) is 4.98 Å². The monoisotopic (exact) mass is 296 g/mol. The van der Waals surface area contributed by atoms with Gasteiger partial charge in [0.05, 0.1) is 5.02 Å². The lowest BCUT2D eigenvalue weighted by Crippen LogP contribution is -2.29. The molecule has 0 aliphatic carbocycles. The lowest BCUT2D eigenvalue weighted by molar-refractivity contribution is 0.180. The maximum atomic E-state index is 6.10. The molecule has 1 aromatic heterocycles. The van der Waals surface area contributed by atoms with E-state index >= 15 is 0 Å². The number of hydrogen-bond acceptors (Lipinski definition) is 3. The van der Waals surface area contributed by atoms with Crippen molar-refractivity contribution in [3.8, 4) is 5.75 Å². The van der Waals surface area contributed by atoms with E-state index in [0.717, 1.165) is 5.56 Å². The largest absolute Gasteiger partial charge is 0.482 e. The van der Waals surface area contributed by atoms with Gasteiger partial charge in [-0.25, -0.2) is 0 Å². The highest BCUT2D eigenvalue weighted by Gasteiger charge is 2.19. The molecule has 0 saturated heterocycles. The minimum Gasteiger partial charge on any atom is -0.482 e. The van der Waals surface area contributed by atoms with Crippen LogP contribution in [-0.4, -0.2) is 11.0 Å². The summed E-state index contributed by atoms with van der Waals surface area (Å²) in [6.07, 6.45) is 3.13. The van der Waals surface area contributed by atoms with Crippen LogP contribution in [0.15, 0.2) is 42.7 Å². The molecule has 2 atom stereocenters. The third-order valence-electron chi connectivity index (χ3n) is 2.64. The predicted molar refractivity (Wildman–Crippen MR) is 77.7 cm³/mol. The summed E-state index contributed by atoms with van der Waals surface area (Å²) in [7, 11) is 0. The summed E-state index contributed by atoms with van der Waals surface area (Å²) in [6, 6.07) is 8.67. The molecule has 0 aliphatic heterocycles. The van der Waals surface area contributed by atoms with E-state index in [1.54, 1.807) is 30.6 Å². The molecule has 100 valence electrons. The molecule has 3 nitrogen and oxygen atoms in total. The molecule has 0 amide bonds. The van der Waals surface area contributed by atoms with Crippen LogP contribution in [0, 0.1) is 0 Å². The van der Waals surface area contributed by atoms with Crippen LogP contribution < -0.4 is 10.5 Å². The number of benzene rings is 1. The molecule has 0 fully saturated rings. The zero-order valence-electron chi connectivity index (χ0n) is 10.4. The number of nitrogens with two attached hydrogens (primary N) is 1. The first kappa shape index (κ1) is 14.1. The molecule has 0 aliphatic rings. The van der Waals surface area contributed by atoms with Gasteiger partial charge in [0.25, 0.3) is 0 Å². The second-order valence-electron chi connectivity index (χ2n) is 4.26. The van der Waals surface area contributed by atoms with Gasteiger partial charge in [-0.15, -0.1) is 0 Å². The zero-order chi connectivity index (χ0) is 13.8. The van der Waals surface area contributed by atoms with E-state index in [1.807, 2.05) is 19.1 Å². The molecule has 2 N–H and O–H groups in total. The van der Waals surface area contributed by atoms with Gasteiger partial charge >= 0.3 is 0 Å². The number of nitrogens with zero attached hydrogens (tertiary/aromatic N) is 1. The van der Waals surface area contributed by atoms with Gasteiger partial charge in [0.2, 0.25) is 0 Å². The van der Waals surface area contributed by atoms with Crippen molar-refractivity contribution >= 4 is 23.2 Å². The minimum absolute atomic E-state index is 0.198. The fourth-order valence-electron chi connectivity index (χ4n) is 1.73. The maximum absolute atomic E-state index is 6.10. The summed E-state index contributed by atoms with van der Waals surface area (Å²) >= 11 is 12.0. The van der Waals surface area contributed by atoms with E-state index in [-0.39, 0.29) is 12.1 Å². The first-order valence-corrected chi connectivity index (χ1v) is 6.60. The fraction of sp³-hybridized carbons (Fsp3) is 0.214. The quantitative estimate of drug-likeness (QED) is 0.932. The van der Waals surface area contributed by atoms with Gasteiger partial charge in [-0.1, -0.05) is 29.3 Å². The van der Waals surface area contributed by atoms with E-state index in [4.69, 9.17) is 33.7 Å². The topological polar surface area (TPSA) is 48.1 Å². The Morgan fingerprint density at radius 3 is 2.63 bits per heavy atom. The van der Waals surface area contributed by atoms with Crippen molar-refractivity contribution in [2.75, 3.05) is 0 Å². The van der Waals surface area contributed by atoms with Gasteiger partial charge in [-0.2, -0.15) is 0 Å². The Balaban J connectivity index is 2.27. The SMILES string of the molecule is CC(N)C(Oc1ccc(Cl)cc1Cl)c1cccnc1. The number of pyridine rings is 1. The van der Waals surface area contributed by atoms with Gasteiger partial charge in [-0.05, 0) is 31.2 Å². The summed E-state index contributed by atoms with van der Waals surface area (Å²) in [5.74, 6) is 0.553. The number of halogens is 2. The third kappa shape index (κ3) is 3.60. The molecule has 0 saturated carbocycles. The molecule has 1 aromatic carbocycles. The summed E-state index contributed by atoms with van der Waals surface area (Å²) in [5.41, 5.74) is 6.88. The molecule has 0 bridgehead atoms. The van der Waals surface area contributed by atoms with E-state index in [0.29, 0.717) is 15.8 Å². The number of rotatable bonds is 4. The van der Waals surface area contributed by atoms with Crippen LogP contribution >= 0.6 is 23.2 Å². The second kappa shape index (κ2) is 6.24. The lowest BCUT2D eigenvalue weighted by atomic mass is 10.1. The average Bonchev–Trinajstić information content (AvgIpc) is 2.38. The average molecular weight is 297 g/mol. The first-order chi connectivity index (χ1) is 9.08. The Morgan fingerprint density at radius 1 is 1.26 bits per heavy atom. The summed E-state index contributed by atoms with van der Waals surface area (Å²) < 4.78 is 5.89. The number of hydrogen-bond donors (Lipinski definition) is 1. The maximum Gasteiger partial charge on any atom is 0.140 e. The highest BCUT2D eigenvalue weighted by atomic mass is 35.5. The molecule has 2 rings (SSSR count). The van der Waals surface area contributed by atoms with Crippen LogP contribution in [0.2, 0.25) is 10.0 Å². The molecule has 5 heteroatoms. The molecule has 2 aromatic rings. The van der Waals surface area contributed by atoms with Crippen LogP contribution in [0.1, 0.15) is 18.6 Å². The number of ether oxygens (including phenoxy) is 1. The summed E-state index contributed by atoms with van der Waals surface area (Å²) in [6.45, 7) is 1.88. The minimum atomic E-state index is -0.313. The predicted octanol–water partition coefficient (Wildman–Crippen LogP) is 3.86. The van der Waals surface area contributed by atoms with Gasteiger partial charge in [0.15, 0.2) is 0 Å². The Hall–Kier alpha value is -1.29. The Morgan fingerprint density at radius 2 is 2.05 bits per heavy atom. The van der Waals surface area contributed by atoms with Crippen LogP contribution in [-0.2, 0) is 0 Å². The Labute approximate surface area is 122 Å². The van der Waals surface area contributed by atoms with Gasteiger partial charge < -0.3 is 10.5 Å². The van der Waals surface area contributed by atoms with Gasteiger partial charge in [0, 0.05) is 29.0 Å². The standard InChI is InChI=1S/C14H14Cl2N2O/c1-9(17)14(10-3-2-6-18-8-10)19-13-5-4-11(15)7-12(13)16/h2-9,14H,17H2,1H3.